The number of anilines is 4. The van der Waals surface area contributed by atoms with Gasteiger partial charge in [-0.2, -0.15) is 0 Å². The Balaban J connectivity index is 2.07. The van der Waals surface area contributed by atoms with Crippen LogP contribution in [0.15, 0.2) is 36.7 Å². The molecule has 0 aliphatic rings. The van der Waals surface area contributed by atoms with E-state index in [0.717, 1.165) is 22.3 Å². The minimum atomic E-state index is 0.511. The Morgan fingerprint density at radius 2 is 1.91 bits per heavy atom. The van der Waals surface area contributed by atoms with Crippen molar-refractivity contribution in [1.29, 1.82) is 0 Å². The maximum Gasteiger partial charge on any atom is 0.159 e. The topological polar surface area (TPSA) is 80.0 Å². The maximum atomic E-state index is 6.16. The van der Waals surface area contributed by atoms with Gasteiger partial charge in [0.05, 0.1) is 11.2 Å². The number of fused-ring (bicyclic) bond motifs is 1. The molecule has 0 aliphatic carbocycles. The van der Waals surface area contributed by atoms with Crippen LogP contribution in [0, 0.1) is 6.92 Å². The van der Waals surface area contributed by atoms with E-state index in [1.54, 1.807) is 0 Å². The van der Waals surface area contributed by atoms with Crippen molar-refractivity contribution in [3.05, 3.63) is 42.4 Å². The third-order valence-electron chi connectivity index (χ3n) is 3.40. The monoisotopic (exact) mass is 294 g/mol. The number of nitrogens with zero attached hydrogens (tertiary/aromatic N) is 4. The van der Waals surface area contributed by atoms with E-state index in [9.17, 15) is 0 Å². The van der Waals surface area contributed by atoms with Gasteiger partial charge in [0, 0.05) is 25.2 Å². The fourth-order valence-corrected chi connectivity index (χ4v) is 2.32. The van der Waals surface area contributed by atoms with E-state index >= 15 is 0 Å². The van der Waals surface area contributed by atoms with Crippen molar-refractivity contribution in [3.8, 4) is 0 Å². The quantitative estimate of drug-likeness (QED) is 0.773. The lowest BCUT2D eigenvalue weighted by molar-refractivity contribution is 1.04. The zero-order valence-corrected chi connectivity index (χ0v) is 12.8. The number of nitrogens with one attached hydrogen (secondary N) is 1. The lowest BCUT2D eigenvalue weighted by Gasteiger charge is -2.16. The fraction of sp³-hybridized carbons (Fsp3) is 0.188. The molecule has 0 atom stereocenters. The molecule has 0 radical (unpaired) electrons. The molecule has 0 unspecified atom stereocenters. The van der Waals surface area contributed by atoms with Gasteiger partial charge in [0.2, 0.25) is 0 Å². The van der Waals surface area contributed by atoms with Crippen molar-refractivity contribution in [2.45, 2.75) is 6.92 Å². The number of hydrogen-bond acceptors (Lipinski definition) is 6. The molecule has 2 aromatic heterocycles. The summed E-state index contributed by atoms with van der Waals surface area (Å²) in [6.07, 6.45) is 1.50. The van der Waals surface area contributed by atoms with Gasteiger partial charge in [-0.05, 0) is 19.1 Å². The van der Waals surface area contributed by atoms with Crippen molar-refractivity contribution in [2.24, 2.45) is 0 Å². The minimum Gasteiger partial charge on any atom is -0.393 e. The van der Waals surface area contributed by atoms with Crippen LogP contribution in [-0.4, -0.2) is 29.0 Å². The molecule has 3 aromatic rings. The Labute approximate surface area is 129 Å². The normalized spacial score (nSPS) is 10.7. The van der Waals surface area contributed by atoms with Crippen LogP contribution in [-0.2, 0) is 0 Å². The van der Waals surface area contributed by atoms with Gasteiger partial charge in [-0.15, -0.1) is 0 Å². The van der Waals surface area contributed by atoms with Crippen molar-refractivity contribution in [2.75, 3.05) is 30.0 Å². The summed E-state index contributed by atoms with van der Waals surface area (Å²) in [7, 11) is 3.79. The number of nitrogens with two attached hydrogens (primary N) is 1. The van der Waals surface area contributed by atoms with E-state index in [4.69, 9.17) is 5.73 Å². The van der Waals surface area contributed by atoms with Gasteiger partial charge < -0.3 is 16.0 Å². The van der Waals surface area contributed by atoms with Crippen molar-refractivity contribution in [3.63, 3.8) is 0 Å². The molecule has 2 heterocycles. The largest absolute Gasteiger partial charge is 0.393 e. The second kappa shape index (κ2) is 5.48. The summed E-state index contributed by atoms with van der Waals surface area (Å²) in [4.78, 5) is 14.9. The lowest BCUT2D eigenvalue weighted by Crippen LogP contribution is -2.14. The smallest absolute Gasteiger partial charge is 0.159 e. The summed E-state index contributed by atoms with van der Waals surface area (Å²) in [5.74, 6) is 1.26. The summed E-state index contributed by atoms with van der Waals surface area (Å²) in [6, 6.07) is 10.0. The van der Waals surface area contributed by atoms with Gasteiger partial charge in [0.1, 0.15) is 12.0 Å². The highest BCUT2D eigenvalue weighted by Gasteiger charge is 2.11. The highest BCUT2D eigenvalue weighted by molar-refractivity contribution is 5.93. The van der Waals surface area contributed by atoms with Crippen LogP contribution in [0.5, 0.6) is 0 Å². The molecule has 6 heteroatoms. The Kier molecular flexibility index (Phi) is 3.50. The van der Waals surface area contributed by atoms with E-state index in [1.807, 2.05) is 50.2 Å². The molecule has 0 saturated heterocycles. The van der Waals surface area contributed by atoms with Gasteiger partial charge >= 0.3 is 0 Å². The Bertz CT molecular complexity index is 828. The van der Waals surface area contributed by atoms with E-state index in [1.165, 1.54) is 6.33 Å². The van der Waals surface area contributed by atoms with Crippen LogP contribution in [0.3, 0.4) is 0 Å². The number of aromatic nitrogens is 3. The van der Waals surface area contributed by atoms with Crippen LogP contribution in [0.2, 0.25) is 0 Å². The third kappa shape index (κ3) is 2.50. The molecule has 0 bridgehead atoms. The molecular formula is C16H18N6. The number of benzene rings is 1. The van der Waals surface area contributed by atoms with E-state index in [2.05, 4.69) is 26.3 Å². The highest BCUT2D eigenvalue weighted by atomic mass is 15.2. The molecule has 1 aromatic carbocycles. The molecule has 3 N–H and O–H groups in total. The first-order chi connectivity index (χ1) is 10.6. The first-order valence-corrected chi connectivity index (χ1v) is 6.97. The van der Waals surface area contributed by atoms with E-state index < -0.39 is 0 Å². The van der Waals surface area contributed by atoms with Crippen LogP contribution in [0.25, 0.3) is 10.9 Å². The highest BCUT2D eigenvalue weighted by Crippen LogP contribution is 2.30. The molecule has 3 rings (SSSR count). The Morgan fingerprint density at radius 3 is 2.68 bits per heavy atom. The zero-order valence-electron chi connectivity index (χ0n) is 12.8. The molecule has 0 fully saturated rings. The van der Waals surface area contributed by atoms with E-state index in [0.29, 0.717) is 17.3 Å². The first-order valence-electron chi connectivity index (χ1n) is 6.97. The zero-order chi connectivity index (χ0) is 15.7. The minimum absolute atomic E-state index is 0.511. The van der Waals surface area contributed by atoms with Gasteiger partial charge in [-0.1, -0.05) is 18.2 Å². The number of pyridine rings is 1. The number of para-hydroxylation sites is 1. The predicted molar refractivity (Wildman–Crippen MR) is 90.5 cm³/mol. The van der Waals surface area contributed by atoms with Gasteiger partial charge in [-0.25, -0.2) is 9.97 Å². The number of rotatable bonds is 3. The molecule has 6 nitrogen and oxygen atoms in total. The molecule has 0 spiro atoms. The summed E-state index contributed by atoms with van der Waals surface area (Å²) in [5, 5.41) is 4.34. The molecule has 0 saturated carbocycles. The van der Waals surface area contributed by atoms with Crippen molar-refractivity contribution in [1.82, 2.24) is 15.0 Å². The standard InChI is InChI=1S/C16H18N6/c1-10-7-8-11-5-4-6-12(14(11)20-10)21-15-13(17)16(22(2)3)19-9-18-15/h4-9H,17H2,1-3H3,(H,18,19,21). The maximum absolute atomic E-state index is 6.16. The first kappa shape index (κ1) is 14.1. The summed E-state index contributed by atoms with van der Waals surface area (Å²) in [6.45, 7) is 1.97. The average Bonchev–Trinajstić information content (AvgIpc) is 2.49. The van der Waals surface area contributed by atoms with Crippen molar-refractivity contribution < 1.29 is 0 Å². The number of aryl methyl sites for hydroxylation is 1. The molecule has 112 valence electrons. The molecule has 22 heavy (non-hydrogen) atoms. The summed E-state index contributed by atoms with van der Waals surface area (Å²) >= 11 is 0. The third-order valence-corrected chi connectivity index (χ3v) is 3.40. The van der Waals surface area contributed by atoms with Gasteiger partial charge in [-0.3, -0.25) is 4.98 Å². The van der Waals surface area contributed by atoms with Crippen LogP contribution in [0.1, 0.15) is 5.69 Å². The number of hydrogen-bond donors (Lipinski definition) is 2. The van der Waals surface area contributed by atoms with Crippen LogP contribution < -0.4 is 16.0 Å². The SMILES string of the molecule is Cc1ccc2cccc(Nc3ncnc(N(C)C)c3N)c2n1. The Hall–Kier alpha value is -2.89. The Morgan fingerprint density at radius 1 is 1.09 bits per heavy atom. The summed E-state index contributed by atoms with van der Waals surface area (Å²) in [5.41, 5.74) is 9.40. The molecule has 0 amide bonds. The number of nitrogen functional groups attached to an aromatic ring is 1. The second-order valence-electron chi connectivity index (χ2n) is 5.31. The van der Waals surface area contributed by atoms with Crippen LogP contribution >= 0.6 is 0 Å². The molecular weight excluding hydrogens is 276 g/mol. The lowest BCUT2D eigenvalue weighted by atomic mass is 10.1. The summed E-state index contributed by atoms with van der Waals surface area (Å²) < 4.78 is 0. The second-order valence-corrected chi connectivity index (χ2v) is 5.31. The molecule has 0 aliphatic heterocycles. The van der Waals surface area contributed by atoms with Gasteiger partial charge in [0.25, 0.3) is 0 Å². The van der Waals surface area contributed by atoms with Crippen LogP contribution in [0.4, 0.5) is 23.0 Å². The van der Waals surface area contributed by atoms with Gasteiger partial charge in [0.15, 0.2) is 11.6 Å². The average molecular weight is 294 g/mol. The predicted octanol–water partition coefficient (Wildman–Crippen LogP) is 2.73. The fourth-order valence-electron chi connectivity index (χ4n) is 2.32. The van der Waals surface area contributed by atoms with E-state index in [-0.39, 0.29) is 0 Å². The van der Waals surface area contributed by atoms with Crippen molar-refractivity contribution >= 4 is 33.9 Å².